The van der Waals surface area contributed by atoms with E-state index in [9.17, 15) is 0 Å². The van der Waals surface area contributed by atoms with E-state index in [0.29, 0.717) is 6.04 Å². The summed E-state index contributed by atoms with van der Waals surface area (Å²) >= 11 is 0. The third-order valence-corrected chi connectivity index (χ3v) is 3.35. The summed E-state index contributed by atoms with van der Waals surface area (Å²) in [5.74, 6) is 0. The van der Waals surface area contributed by atoms with E-state index in [0.717, 1.165) is 18.8 Å². The van der Waals surface area contributed by atoms with Crippen LogP contribution in [0, 0.1) is 0 Å². The molecule has 0 saturated heterocycles. The zero-order valence-corrected chi connectivity index (χ0v) is 10.3. The Morgan fingerprint density at radius 1 is 1.12 bits per heavy atom. The summed E-state index contributed by atoms with van der Waals surface area (Å²) in [5, 5.41) is 4.67. The molecule has 0 amide bonds. The van der Waals surface area contributed by atoms with Gasteiger partial charge in [-0.15, -0.1) is 0 Å². The molecular weight excluding hydrogens is 210 g/mol. The zero-order valence-electron chi connectivity index (χ0n) is 10.3. The van der Waals surface area contributed by atoms with Gasteiger partial charge < -0.3 is 0 Å². The zero-order chi connectivity index (χ0) is 11.8. The molecule has 0 saturated carbocycles. The van der Waals surface area contributed by atoms with E-state index in [4.69, 9.17) is 0 Å². The molecule has 1 aliphatic heterocycles. The highest BCUT2D eigenvalue weighted by atomic mass is 15.3. The molecule has 0 atom stereocenters. The predicted molar refractivity (Wildman–Crippen MR) is 67.9 cm³/mol. The van der Waals surface area contributed by atoms with Gasteiger partial charge in [0.15, 0.2) is 0 Å². The standard InChI is InChI=1S/C14H17N3/c1-11(2)16-8-12-9-17(15-14(12)10-16)13-6-4-3-5-7-13/h3-7,9,11H,8,10H2,1-2H3. The third-order valence-electron chi connectivity index (χ3n) is 3.35. The maximum Gasteiger partial charge on any atom is 0.0814 e. The molecule has 3 heteroatoms. The quantitative estimate of drug-likeness (QED) is 0.786. The minimum atomic E-state index is 0.592. The number of rotatable bonds is 2. The summed E-state index contributed by atoms with van der Waals surface area (Å²) in [7, 11) is 0. The normalized spacial score (nSPS) is 15.5. The van der Waals surface area contributed by atoms with Gasteiger partial charge in [0.1, 0.15) is 0 Å². The van der Waals surface area contributed by atoms with Crippen molar-refractivity contribution in [2.45, 2.75) is 33.0 Å². The second kappa shape index (κ2) is 4.00. The molecule has 17 heavy (non-hydrogen) atoms. The van der Waals surface area contributed by atoms with Gasteiger partial charge in [0.25, 0.3) is 0 Å². The number of para-hydroxylation sites is 1. The van der Waals surface area contributed by atoms with Gasteiger partial charge in [0.2, 0.25) is 0 Å². The van der Waals surface area contributed by atoms with Crippen molar-refractivity contribution in [3.63, 3.8) is 0 Å². The van der Waals surface area contributed by atoms with Crippen LogP contribution in [0.5, 0.6) is 0 Å². The Morgan fingerprint density at radius 3 is 2.53 bits per heavy atom. The summed E-state index contributed by atoms with van der Waals surface area (Å²) in [6.07, 6.45) is 2.16. The molecule has 1 aliphatic rings. The van der Waals surface area contributed by atoms with Gasteiger partial charge in [-0.25, -0.2) is 4.68 Å². The van der Waals surface area contributed by atoms with Crippen LogP contribution in [0.2, 0.25) is 0 Å². The number of benzene rings is 1. The first-order valence-electron chi connectivity index (χ1n) is 6.11. The van der Waals surface area contributed by atoms with Crippen molar-refractivity contribution >= 4 is 0 Å². The second-order valence-electron chi connectivity index (χ2n) is 4.88. The molecule has 88 valence electrons. The first-order valence-corrected chi connectivity index (χ1v) is 6.11. The fourth-order valence-electron chi connectivity index (χ4n) is 2.26. The lowest BCUT2D eigenvalue weighted by molar-refractivity contribution is 0.224. The highest BCUT2D eigenvalue weighted by Crippen LogP contribution is 2.24. The van der Waals surface area contributed by atoms with Crippen LogP contribution in [-0.2, 0) is 13.1 Å². The molecule has 1 aromatic carbocycles. The van der Waals surface area contributed by atoms with Crippen molar-refractivity contribution in [2.24, 2.45) is 0 Å². The van der Waals surface area contributed by atoms with Crippen molar-refractivity contribution in [3.8, 4) is 5.69 Å². The van der Waals surface area contributed by atoms with Crippen molar-refractivity contribution in [1.82, 2.24) is 14.7 Å². The molecule has 3 nitrogen and oxygen atoms in total. The average molecular weight is 227 g/mol. The van der Waals surface area contributed by atoms with Crippen LogP contribution < -0.4 is 0 Å². The summed E-state index contributed by atoms with van der Waals surface area (Å²) in [6.45, 7) is 6.47. The van der Waals surface area contributed by atoms with Crippen LogP contribution in [0.25, 0.3) is 5.69 Å². The molecule has 1 aromatic heterocycles. The van der Waals surface area contributed by atoms with Gasteiger partial charge >= 0.3 is 0 Å². The topological polar surface area (TPSA) is 21.1 Å². The van der Waals surface area contributed by atoms with Crippen LogP contribution in [0.3, 0.4) is 0 Å². The Balaban J connectivity index is 1.88. The number of nitrogens with zero attached hydrogens (tertiary/aromatic N) is 3. The summed E-state index contributed by atoms with van der Waals surface area (Å²) in [5.41, 5.74) is 3.73. The van der Waals surface area contributed by atoms with Gasteiger partial charge in [-0.05, 0) is 26.0 Å². The van der Waals surface area contributed by atoms with Gasteiger partial charge in [-0.2, -0.15) is 5.10 Å². The SMILES string of the molecule is CC(C)N1Cc2cn(-c3ccccc3)nc2C1. The minimum Gasteiger partial charge on any atom is -0.291 e. The van der Waals surface area contributed by atoms with Crippen LogP contribution in [0.4, 0.5) is 0 Å². The van der Waals surface area contributed by atoms with Crippen molar-refractivity contribution in [2.75, 3.05) is 0 Å². The maximum absolute atomic E-state index is 4.67. The lowest BCUT2D eigenvalue weighted by atomic mass is 10.3. The molecule has 0 bridgehead atoms. The molecule has 0 N–H and O–H groups in total. The Kier molecular flexibility index (Phi) is 2.48. The van der Waals surface area contributed by atoms with Crippen LogP contribution in [0.15, 0.2) is 36.5 Å². The molecule has 0 fully saturated rings. The smallest absolute Gasteiger partial charge is 0.0814 e. The monoisotopic (exact) mass is 227 g/mol. The van der Waals surface area contributed by atoms with Gasteiger partial charge in [-0.1, -0.05) is 18.2 Å². The number of aromatic nitrogens is 2. The molecule has 0 aliphatic carbocycles. The van der Waals surface area contributed by atoms with Gasteiger partial charge in [-0.3, -0.25) is 4.90 Å². The van der Waals surface area contributed by atoms with Crippen molar-refractivity contribution in [1.29, 1.82) is 0 Å². The minimum absolute atomic E-state index is 0.592. The first-order chi connectivity index (χ1) is 8.24. The van der Waals surface area contributed by atoms with E-state index in [1.54, 1.807) is 0 Å². The summed E-state index contributed by atoms with van der Waals surface area (Å²) < 4.78 is 1.99. The first kappa shape index (κ1) is 10.5. The van der Waals surface area contributed by atoms with Crippen LogP contribution in [0.1, 0.15) is 25.1 Å². The lowest BCUT2D eigenvalue weighted by Crippen LogP contribution is -2.25. The highest BCUT2D eigenvalue weighted by Gasteiger charge is 2.24. The van der Waals surface area contributed by atoms with E-state index >= 15 is 0 Å². The number of hydrogen-bond donors (Lipinski definition) is 0. The Labute approximate surface area is 102 Å². The maximum atomic E-state index is 4.67. The van der Waals surface area contributed by atoms with E-state index in [1.165, 1.54) is 11.3 Å². The molecule has 2 heterocycles. The fraction of sp³-hybridized carbons (Fsp3) is 0.357. The molecule has 0 spiro atoms. The average Bonchev–Trinajstić information content (AvgIpc) is 2.87. The fourth-order valence-corrected chi connectivity index (χ4v) is 2.26. The predicted octanol–water partition coefficient (Wildman–Crippen LogP) is 2.60. The molecule has 0 unspecified atom stereocenters. The highest BCUT2D eigenvalue weighted by molar-refractivity contribution is 5.33. The molecule has 2 aromatic rings. The van der Waals surface area contributed by atoms with E-state index < -0.39 is 0 Å². The molecule has 0 radical (unpaired) electrons. The van der Waals surface area contributed by atoms with Gasteiger partial charge in [0, 0.05) is 30.9 Å². The van der Waals surface area contributed by atoms with E-state index in [-0.39, 0.29) is 0 Å². The Morgan fingerprint density at radius 2 is 1.88 bits per heavy atom. The molecular formula is C14H17N3. The second-order valence-corrected chi connectivity index (χ2v) is 4.88. The van der Waals surface area contributed by atoms with Crippen molar-refractivity contribution < 1.29 is 0 Å². The van der Waals surface area contributed by atoms with Gasteiger partial charge in [0.05, 0.1) is 11.4 Å². The lowest BCUT2D eigenvalue weighted by Gasteiger charge is -2.19. The van der Waals surface area contributed by atoms with Crippen molar-refractivity contribution in [3.05, 3.63) is 47.8 Å². The number of fused-ring (bicyclic) bond motifs is 1. The Hall–Kier alpha value is -1.61. The Bertz CT molecular complexity index is 490. The summed E-state index contributed by atoms with van der Waals surface area (Å²) in [4.78, 5) is 2.44. The molecule has 3 rings (SSSR count). The largest absolute Gasteiger partial charge is 0.291 e. The number of hydrogen-bond acceptors (Lipinski definition) is 2. The van der Waals surface area contributed by atoms with Crippen LogP contribution >= 0.6 is 0 Å². The summed E-state index contributed by atoms with van der Waals surface area (Å²) in [6, 6.07) is 10.9. The van der Waals surface area contributed by atoms with E-state index in [2.05, 4.69) is 42.2 Å². The van der Waals surface area contributed by atoms with Crippen LogP contribution in [-0.4, -0.2) is 20.7 Å². The van der Waals surface area contributed by atoms with E-state index in [1.807, 2.05) is 22.9 Å². The third kappa shape index (κ3) is 1.87.